The smallest absolute Gasteiger partial charge is 0.267 e. The molecule has 176 valence electrons. The molecular weight excluding hydrogens is 468 g/mol. The highest BCUT2D eigenvalue weighted by Crippen LogP contribution is 2.34. The van der Waals surface area contributed by atoms with Crippen molar-refractivity contribution in [3.8, 4) is 0 Å². The number of amides is 1. The Morgan fingerprint density at radius 3 is 2.76 bits per heavy atom. The number of anilines is 1. The monoisotopic (exact) mass is 494 g/mol. The van der Waals surface area contributed by atoms with Crippen LogP contribution in [-0.2, 0) is 11.3 Å². The lowest BCUT2D eigenvalue weighted by Gasteiger charge is -2.27. The lowest BCUT2D eigenvalue weighted by atomic mass is 9.87. The van der Waals surface area contributed by atoms with E-state index >= 15 is 0 Å². The van der Waals surface area contributed by atoms with Crippen LogP contribution in [0.15, 0.2) is 50.8 Å². The summed E-state index contributed by atoms with van der Waals surface area (Å²) in [6, 6.07) is 7.61. The summed E-state index contributed by atoms with van der Waals surface area (Å²) in [6.45, 7) is 4.46. The molecule has 4 heterocycles. The number of rotatable bonds is 5. The maximum absolute atomic E-state index is 13.6. The highest BCUT2D eigenvalue weighted by Gasteiger charge is 2.33. The Labute approximate surface area is 207 Å². The third-order valence-corrected chi connectivity index (χ3v) is 7.78. The number of nitrogens with zero attached hydrogens (tertiary/aromatic N) is 3. The molecule has 0 unspecified atom stereocenters. The summed E-state index contributed by atoms with van der Waals surface area (Å²) in [7, 11) is 0. The summed E-state index contributed by atoms with van der Waals surface area (Å²) in [5.74, 6) is 1.64. The van der Waals surface area contributed by atoms with Gasteiger partial charge in [0.1, 0.15) is 21.5 Å². The number of carbonyl (C=O) groups excluding carboxylic acids is 1. The first kappa shape index (κ1) is 22.9. The van der Waals surface area contributed by atoms with Gasteiger partial charge in [-0.15, -0.1) is 0 Å². The molecule has 1 aliphatic heterocycles. The van der Waals surface area contributed by atoms with Gasteiger partial charge in [0.15, 0.2) is 0 Å². The minimum Gasteiger partial charge on any atom is -0.467 e. The molecule has 34 heavy (non-hydrogen) atoms. The molecule has 1 saturated carbocycles. The number of thioether (sulfide) groups is 1. The third kappa shape index (κ3) is 4.54. The van der Waals surface area contributed by atoms with E-state index in [0.717, 1.165) is 31.2 Å². The first-order valence-corrected chi connectivity index (χ1v) is 12.7. The second-order valence-corrected chi connectivity index (χ2v) is 10.7. The van der Waals surface area contributed by atoms with Gasteiger partial charge in [-0.05, 0) is 68.4 Å². The molecule has 3 aromatic heterocycles. The van der Waals surface area contributed by atoms with E-state index in [2.05, 4.69) is 12.2 Å². The summed E-state index contributed by atoms with van der Waals surface area (Å²) in [4.78, 5) is 33.4. The van der Waals surface area contributed by atoms with Crippen LogP contribution < -0.4 is 10.9 Å². The average molecular weight is 495 g/mol. The van der Waals surface area contributed by atoms with Gasteiger partial charge < -0.3 is 9.73 Å². The molecule has 9 heteroatoms. The molecule has 0 aromatic carbocycles. The lowest BCUT2D eigenvalue weighted by molar-refractivity contribution is -0.122. The highest BCUT2D eigenvalue weighted by atomic mass is 32.2. The van der Waals surface area contributed by atoms with E-state index in [0.29, 0.717) is 37.9 Å². The van der Waals surface area contributed by atoms with E-state index in [4.69, 9.17) is 21.6 Å². The van der Waals surface area contributed by atoms with Crippen LogP contribution in [0.1, 0.15) is 49.5 Å². The summed E-state index contributed by atoms with van der Waals surface area (Å²) < 4.78 is 7.36. The van der Waals surface area contributed by atoms with Crippen LogP contribution in [-0.4, -0.2) is 30.6 Å². The van der Waals surface area contributed by atoms with Crippen LogP contribution in [0.5, 0.6) is 0 Å². The van der Waals surface area contributed by atoms with E-state index in [1.54, 1.807) is 35.1 Å². The molecular formula is C25H26N4O3S2. The van der Waals surface area contributed by atoms with Gasteiger partial charge in [0.2, 0.25) is 0 Å². The highest BCUT2D eigenvalue weighted by molar-refractivity contribution is 8.26. The van der Waals surface area contributed by atoms with Crippen molar-refractivity contribution in [2.24, 2.45) is 5.92 Å². The number of hydrogen-bond donors (Lipinski definition) is 1. The second kappa shape index (κ2) is 9.38. The average Bonchev–Trinajstić information content (AvgIpc) is 3.42. The zero-order valence-corrected chi connectivity index (χ0v) is 20.7. The van der Waals surface area contributed by atoms with Crippen molar-refractivity contribution in [1.29, 1.82) is 0 Å². The normalized spacial score (nSPS) is 22.2. The predicted octanol–water partition coefficient (Wildman–Crippen LogP) is 4.99. The largest absolute Gasteiger partial charge is 0.467 e. The number of nitrogens with one attached hydrogen (secondary N) is 1. The van der Waals surface area contributed by atoms with E-state index in [1.165, 1.54) is 16.7 Å². The van der Waals surface area contributed by atoms with Gasteiger partial charge >= 0.3 is 0 Å². The Hall–Kier alpha value is -2.91. The molecule has 3 aromatic rings. The summed E-state index contributed by atoms with van der Waals surface area (Å²) in [5.41, 5.74) is 1.69. The van der Waals surface area contributed by atoms with Gasteiger partial charge in [-0.1, -0.05) is 37.0 Å². The zero-order valence-electron chi connectivity index (χ0n) is 19.1. The molecule has 1 aliphatic carbocycles. The predicted molar refractivity (Wildman–Crippen MR) is 139 cm³/mol. The molecule has 1 amide bonds. The summed E-state index contributed by atoms with van der Waals surface area (Å²) >= 11 is 6.65. The summed E-state index contributed by atoms with van der Waals surface area (Å²) in [6.07, 6.45) is 9.32. The Kier molecular flexibility index (Phi) is 6.31. The number of aryl methyl sites for hydroxylation is 1. The standard InChI is InChI=1S/C25H26N4O3S2/c1-15-5-8-17(9-6-15)26-22-19(23(30)28-13-16(2)7-10-21(28)27-22)12-20-24(31)29(25(33)34-20)14-18-4-3-11-32-18/h3-4,7,10-13,15,17,26H,5-6,8-9,14H2,1-2H3. The Bertz CT molecular complexity index is 1340. The van der Waals surface area contributed by atoms with Crippen molar-refractivity contribution < 1.29 is 9.21 Å². The molecule has 7 nitrogen and oxygen atoms in total. The fourth-order valence-corrected chi connectivity index (χ4v) is 5.66. The number of fused-ring (bicyclic) bond motifs is 1. The number of hydrogen-bond acceptors (Lipinski definition) is 7. The number of furan rings is 1. The SMILES string of the molecule is Cc1ccc2nc(NC3CCC(C)CC3)c(C=C3SC(=S)N(Cc4ccco4)C3=O)c(=O)n2c1. The van der Waals surface area contributed by atoms with Crippen LogP contribution in [0.25, 0.3) is 11.7 Å². The van der Waals surface area contributed by atoms with Gasteiger partial charge in [-0.3, -0.25) is 18.9 Å². The van der Waals surface area contributed by atoms with Gasteiger partial charge in [-0.25, -0.2) is 4.98 Å². The van der Waals surface area contributed by atoms with Gasteiger partial charge in [-0.2, -0.15) is 0 Å². The second-order valence-electron chi connectivity index (χ2n) is 9.06. The van der Waals surface area contributed by atoms with E-state index < -0.39 is 0 Å². The molecule has 0 spiro atoms. The Morgan fingerprint density at radius 2 is 2.03 bits per heavy atom. The fraction of sp³-hybridized carbons (Fsp3) is 0.360. The van der Waals surface area contributed by atoms with Crippen molar-refractivity contribution in [2.75, 3.05) is 5.32 Å². The van der Waals surface area contributed by atoms with Gasteiger partial charge in [0.05, 0.1) is 23.3 Å². The first-order chi connectivity index (χ1) is 16.4. The van der Waals surface area contributed by atoms with E-state index in [1.807, 2.05) is 19.1 Å². The van der Waals surface area contributed by atoms with Crippen LogP contribution >= 0.6 is 24.0 Å². The van der Waals surface area contributed by atoms with E-state index in [9.17, 15) is 9.59 Å². The van der Waals surface area contributed by atoms with Gasteiger partial charge in [0, 0.05) is 12.2 Å². The van der Waals surface area contributed by atoms with Crippen molar-refractivity contribution in [3.63, 3.8) is 0 Å². The molecule has 0 bridgehead atoms. The van der Waals surface area contributed by atoms with Crippen LogP contribution in [0.3, 0.4) is 0 Å². The van der Waals surface area contributed by atoms with E-state index in [-0.39, 0.29) is 24.1 Å². The van der Waals surface area contributed by atoms with Crippen molar-refractivity contribution in [1.82, 2.24) is 14.3 Å². The summed E-state index contributed by atoms with van der Waals surface area (Å²) in [5, 5.41) is 3.51. The number of thiocarbonyl (C=S) groups is 1. The van der Waals surface area contributed by atoms with Crippen LogP contribution in [0.2, 0.25) is 0 Å². The zero-order chi connectivity index (χ0) is 23.8. The van der Waals surface area contributed by atoms with Crippen LogP contribution in [0.4, 0.5) is 5.82 Å². The minimum atomic E-state index is -0.238. The molecule has 0 radical (unpaired) electrons. The topological polar surface area (TPSA) is 79.8 Å². The van der Waals surface area contributed by atoms with Gasteiger partial charge in [0.25, 0.3) is 11.5 Å². The first-order valence-electron chi connectivity index (χ1n) is 11.5. The molecule has 2 aliphatic rings. The molecule has 5 rings (SSSR count). The fourth-order valence-electron chi connectivity index (χ4n) is 4.42. The van der Waals surface area contributed by atoms with Crippen molar-refractivity contribution >= 4 is 51.7 Å². The minimum absolute atomic E-state index is 0.211. The molecule has 1 saturated heterocycles. The lowest BCUT2D eigenvalue weighted by Crippen LogP contribution is -2.29. The van der Waals surface area contributed by atoms with Crippen molar-refractivity contribution in [2.45, 2.75) is 52.1 Å². The van der Waals surface area contributed by atoms with Crippen LogP contribution in [0, 0.1) is 12.8 Å². The Morgan fingerprint density at radius 1 is 1.24 bits per heavy atom. The number of pyridine rings is 1. The number of carbonyl (C=O) groups is 1. The molecule has 1 N–H and O–H groups in total. The maximum atomic E-state index is 13.6. The quantitative estimate of drug-likeness (QED) is 0.395. The van der Waals surface area contributed by atoms with Crippen molar-refractivity contribution in [3.05, 3.63) is 68.9 Å². The molecule has 0 atom stereocenters. The third-order valence-electron chi connectivity index (χ3n) is 6.41. The molecule has 2 fully saturated rings. The number of aromatic nitrogens is 2. The maximum Gasteiger partial charge on any atom is 0.267 e. The Balaban J connectivity index is 1.53.